The second-order valence-corrected chi connectivity index (χ2v) is 7.39. The monoisotopic (exact) mass is 439 g/mol. The minimum atomic E-state index is -0.183. The molecule has 0 saturated carbocycles. The lowest BCUT2D eigenvalue weighted by Gasteiger charge is -2.14. The molecule has 5 nitrogen and oxygen atoms in total. The number of hydrogen-bond acceptors (Lipinski definition) is 4. The first-order valence-corrected chi connectivity index (χ1v) is 9.93. The molecule has 0 saturated heterocycles. The van der Waals surface area contributed by atoms with Gasteiger partial charge in [0.2, 0.25) is 0 Å². The van der Waals surface area contributed by atoms with Crippen LogP contribution < -0.4 is 10.3 Å². The zero-order valence-corrected chi connectivity index (χ0v) is 17.5. The van der Waals surface area contributed by atoms with E-state index >= 15 is 0 Å². The molecule has 3 rings (SSSR count). The van der Waals surface area contributed by atoms with Crippen LogP contribution in [0.4, 0.5) is 0 Å². The van der Waals surface area contributed by atoms with Gasteiger partial charge in [-0.05, 0) is 42.3 Å². The molecular formula is C22H22BrN3O2. The summed E-state index contributed by atoms with van der Waals surface area (Å²) in [5, 5.41) is 5.00. The maximum Gasteiger partial charge on any atom is 0.282 e. The van der Waals surface area contributed by atoms with Gasteiger partial charge in [0.25, 0.3) is 5.56 Å². The fourth-order valence-corrected chi connectivity index (χ4v) is 3.10. The molecule has 0 N–H and O–H groups in total. The van der Waals surface area contributed by atoms with Crippen LogP contribution in [0.1, 0.15) is 37.6 Å². The van der Waals surface area contributed by atoms with Crippen molar-refractivity contribution in [2.24, 2.45) is 5.10 Å². The van der Waals surface area contributed by atoms with Gasteiger partial charge in [-0.15, -0.1) is 0 Å². The molecule has 0 amide bonds. The van der Waals surface area contributed by atoms with Crippen LogP contribution in [0.3, 0.4) is 0 Å². The second kappa shape index (κ2) is 8.97. The van der Waals surface area contributed by atoms with E-state index in [1.807, 2.05) is 43.3 Å². The molecule has 3 aromatic rings. The zero-order chi connectivity index (χ0) is 20.1. The van der Waals surface area contributed by atoms with Crippen LogP contribution >= 0.6 is 15.9 Å². The third-order valence-electron chi connectivity index (χ3n) is 4.43. The lowest BCUT2D eigenvalue weighted by Crippen LogP contribution is -2.23. The first-order valence-electron chi connectivity index (χ1n) is 9.13. The maximum absolute atomic E-state index is 13.1. The average Bonchev–Trinajstić information content (AvgIpc) is 2.71. The molecule has 0 unspecified atom stereocenters. The van der Waals surface area contributed by atoms with Crippen molar-refractivity contribution in [2.45, 2.75) is 26.2 Å². The van der Waals surface area contributed by atoms with E-state index in [0.29, 0.717) is 23.3 Å². The van der Waals surface area contributed by atoms with Gasteiger partial charge >= 0.3 is 0 Å². The summed E-state index contributed by atoms with van der Waals surface area (Å²) >= 11 is 3.42. The van der Waals surface area contributed by atoms with E-state index in [2.05, 4.69) is 34.5 Å². The van der Waals surface area contributed by atoms with Crippen LogP contribution in [-0.4, -0.2) is 22.5 Å². The van der Waals surface area contributed by atoms with Crippen LogP contribution in [0.25, 0.3) is 10.9 Å². The molecule has 28 heavy (non-hydrogen) atoms. The summed E-state index contributed by atoms with van der Waals surface area (Å²) < 4.78 is 7.79. The number of nitrogens with zero attached hydrogens (tertiary/aromatic N) is 3. The van der Waals surface area contributed by atoms with Gasteiger partial charge < -0.3 is 4.74 Å². The normalized spacial score (nSPS) is 12.4. The van der Waals surface area contributed by atoms with Crippen LogP contribution in [0.5, 0.6) is 5.75 Å². The summed E-state index contributed by atoms with van der Waals surface area (Å²) in [7, 11) is 0. The fourth-order valence-electron chi connectivity index (χ4n) is 2.74. The second-order valence-electron chi connectivity index (χ2n) is 6.47. The Morgan fingerprint density at radius 2 is 2.14 bits per heavy atom. The van der Waals surface area contributed by atoms with Gasteiger partial charge in [-0.25, -0.2) is 4.98 Å². The number of ether oxygens (including phenoxy) is 1. The van der Waals surface area contributed by atoms with Crippen molar-refractivity contribution < 1.29 is 4.74 Å². The van der Waals surface area contributed by atoms with E-state index < -0.39 is 0 Å². The molecule has 0 bridgehead atoms. The van der Waals surface area contributed by atoms with Crippen LogP contribution in [0.15, 0.2) is 69.5 Å². The molecule has 1 aromatic heterocycles. The Hall–Kier alpha value is -2.73. The minimum absolute atomic E-state index is 0.0974. The highest BCUT2D eigenvalue weighted by molar-refractivity contribution is 9.10. The minimum Gasteiger partial charge on any atom is -0.490 e. The summed E-state index contributed by atoms with van der Waals surface area (Å²) in [6.07, 6.45) is 4.20. The van der Waals surface area contributed by atoms with Gasteiger partial charge in [-0.1, -0.05) is 54.6 Å². The molecular weight excluding hydrogens is 418 g/mol. The van der Waals surface area contributed by atoms with Crippen molar-refractivity contribution in [3.8, 4) is 5.75 Å². The largest absolute Gasteiger partial charge is 0.490 e. The molecule has 0 fully saturated rings. The molecule has 1 atom stereocenters. The van der Waals surface area contributed by atoms with Gasteiger partial charge in [-0.3, -0.25) is 4.79 Å². The molecule has 6 heteroatoms. The lowest BCUT2D eigenvalue weighted by molar-refractivity contribution is 0.363. The summed E-state index contributed by atoms with van der Waals surface area (Å²) in [6.45, 7) is 8.19. The predicted octanol–water partition coefficient (Wildman–Crippen LogP) is 5.12. The van der Waals surface area contributed by atoms with Crippen molar-refractivity contribution in [3.05, 3.63) is 81.3 Å². The summed E-state index contributed by atoms with van der Waals surface area (Å²) in [5.74, 6) is 1.47. The number of aromatic nitrogens is 2. The molecule has 144 valence electrons. The maximum atomic E-state index is 13.1. The molecule has 2 aromatic carbocycles. The number of hydrogen-bond donors (Lipinski definition) is 0. The van der Waals surface area contributed by atoms with Crippen molar-refractivity contribution >= 4 is 33.0 Å². The quantitative estimate of drug-likeness (QED) is 0.379. The Morgan fingerprint density at radius 3 is 2.89 bits per heavy atom. The Kier molecular flexibility index (Phi) is 6.41. The third-order valence-corrected chi connectivity index (χ3v) is 4.93. The lowest BCUT2D eigenvalue weighted by atomic mass is 10.1. The molecule has 0 spiro atoms. The number of fused-ring (bicyclic) bond motifs is 1. The highest BCUT2D eigenvalue weighted by atomic mass is 79.9. The standard InChI is InChI=1S/C22H22BrN3O2/c1-4-11-28-18-8-6-7-16(12-18)14-24-26-21(15(3)5-2)25-20-10-9-17(23)13-19(20)22(26)27/h4,6-10,12-15H,1,5,11H2,2-3H3/t15-/m0/s1. The Bertz CT molecular complexity index is 1090. The zero-order valence-electron chi connectivity index (χ0n) is 15.9. The Morgan fingerprint density at radius 1 is 1.32 bits per heavy atom. The van der Waals surface area contributed by atoms with Gasteiger partial charge in [-0.2, -0.15) is 9.78 Å². The van der Waals surface area contributed by atoms with Crippen LogP contribution in [0.2, 0.25) is 0 Å². The fraction of sp³-hybridized carbons (Fsp3) is 0.227. The molecule has 0 aliphatic carbocycles. The van der Waals surface area contributed by atoms with Crippen LogP contribution in [-0.2, 0) is 0 Å². The van der Waals surface area contributed by atoms with E-state index in [1.165, 1.54) is 4.68 Å². The summed E-state index contributed by atoms with van der Waals surface area (Å²) in [4.78, 5) is 17.8. The van der Waals surface area contributed by atoms with E-state index in [4.69, 9.17) is 9.72 Å². The average molecular weight is 440 g/mol. The molecule has 0 radical (unpaired) electrons. The van der Waals surface area contributed by atoms with Gasteiger partial charge in [0, 0.05) is 10.4 Å². The van der Waals surface area contributed by atoms with E-state index in [0.717, 1.165) is 22.2 Å². The molecule has 0 aliphatic rings. The van der Waals surface area contributed by atoms with Gasteiger partial charge in [0.05, 0.1) is 17.1 Å². The molecule has 1 heterocycles. The van der Waals surface area contributed by atoms with E-state index in [9.17, 15) is 4.79 Å². The van der Waals surface area contributed by atoms with Gasteiger partial charge in [0.1, 0.15) is 18.2 Å². The van der Waals surface area contributed by atoms with Crippen molar-refractivity contribution in [3.63, 3.8) is 0 Å². The van der Waals surface area contributed by atoms with Crippen molar-refractivity contribution in [1.82, 2.24) is 9.66 Å². The van der Waals surface area contributed by atoms with E-state index in [-0.39, 0.29) is 11.5 Å². The Labute approximate surface area is 172 Å². The van der Waals surface area contributed by atoms with E-state index in [1.54, 1.807) is 18.4 Å². The van der Waals surface area contributed by atoms with Crippen molar-refractivity contribution in [1.29, 1.82) is 0 Å². The first kappa shape index (κ1) is 20.0. The van der Waals surface area contributed by atoms with Gasteiger partial charge in [0.15, 0.2) is 0 Å². The van der Waals surface area contributed by atoms with Crippen LogP contribution in [0, 0.1) is 0 Å². The van der Waals surface area contributed by atoms with Crippen molar-refractivity contribution in [2.75, 3.05) is 6.61 Å². The SMILES string of the molecule is C=CCOc1cccc(C=Nn2c([C@@H](C)CC)nc3ccc(Br)cc3c2=O)c1. The highest BCUT2D eigenvalue weighted by Crippen LogP contribution is 2.21. The number of halogens is 1. The topological polar surface area (TPSA) is 56.5 Å². The predicted molar refractivity (Wildman–Crippen MR) is 118 cm³/mol. The Balaban J connectivity index is 2.08. The molecule has 0 aliphatic heterocycles. The highest BCUT2D eigenvalue weighted by Gasteiger charge is 2.15. The smallest absolute Gasteiger partial charge is 0.282 e. The first-order chi connectivity index (χ1) is 13.5. The summed E-state index contributed by atoms with van der Waals surface area (Å²) in [6, 6.07) is 13.0. The summed E-state index contributed by atoms with van der Waals surface area (Å²) in [5.41, 5.74) is 1.32. The third kappa shape index (κ3) is 4.39. The number of benzene rings is 2. The number of rotatable bonds is 7.